The number of hydrogen-bond donors (Lipinski definition) is 0. The Morgan fingerprint density at radius 2 is 0.938 bits per heavy atom. The van der Waals surface area contributed by atoms with E-state index in [0.29, 0.717) is 0 Å². The monoisotopic (exact) mass is 656 g/mol. The molecule has 3 aromatic rings. The number of benzene rings is 3. The van der Waals surface area contributed by atoms with Crippen LogP contribution in [0.2, 0.25) is 0 Å². The first-order valence-electron chi connectivity index (χ1n) is 9.75. The van der Waals surface area contributed by atoms with Crippen molar-refractivity contribution in [1.29, 1.82) is 0 Å². The van der Waals surface area contributed by atoms with E-state index in [2.05, 4.69) is 92.9 Å². The maximum absolute atomic E-state index is 3.69. The van der Waals surface area contributed by atoms with E-state index in [9.17, 15) is 0 Å². The molecule has 5 rings (SSSR count). The Morgan fingerprint density at radius 1 is 0.594 bits per heavy atom. The van der Waals surface area contributed by atoms with Crippen molar-refractivity contribution < 1.29 is 0 Å². The van der Waals surface area contributed by atoms with Gasteiger partial charge in [-0.05, 0) is 34.1 Å². The molecule has 2 aliphatic heterocycles. The fraction of sp³-hybridized carbons (Fsp3) is 0.167. The van der Waals surface area contributed by atoms with Crippen LogP contribution in [0.3, 0.4) is 0 Å². The molecule has 0 N–H and O–H groups in total. The molecule has 0 saturated carbocycles. The van der Waals surface area contributed by atoms with Gasteiger partial charge in [0.1, 0.15) is 0 Å². The second kappa shape index (κ2) is 10.6. The van der Waals surface area contributed by atoms with Crippen molar-refractivity contribution in [3.05, 3.63) is 77.3 Å². The summed E-state index contributed by atoms with van der Waals surface area (Å²) < 4.78 is 5.62. The lowest BCUT2D eigenvalue weighted by Gasteiger charge is -2.11. The smallest absolute Gasteiger partial charge is 0.0657 e. The molecule has 32 heavy (non-hydrogen) atoms. The van der Waals surface area contributed by atoms with E-state index in [1.165, 1.54) is 58.7 Å². The zero-order valence-electron chi connectivity index (χ0n) is 17.2. The van der Waals surface area contributed by atoms with Crippen molar-refractivity contribution in [1.82, 2.24) is 0 Å². The van der Waals surface area contributed by atoms with Crippen LogP contribution in [0, 0.1) is 0 Å². The number of halogens is 2. The van der Waals surface area contributed by atoms with Crippen LogP contribution < -0.4 is 10.4 Å². The van der Waals surface area contributed by atoms with Gasteiger partial charge in [-0.15, -0.1) is 23.5 Å². The summed E-state index contributed by atoms with van der Waals surface area (Å²) in [6.45, 7) is 0. The van der Waals surface area contributed by atoms with Crippen molar-refractivity contribution in [3.8, 4) is 0 Å². The van der Waals surface area contributed by atoms with Crippen LogP contribution in [0.15, 0.2) is 66.8 Å². The van der Waals surface area contributed by atoms with Crippen LogP contribution in [0.1, 0.15) is 0 Å². The van der Waals surface area contributed by atoms with Crippen LogP contribution in [-0.2, 0) is 0 Å². The molecule has 0 amide bonds. The highest BCUT2D eigenvalue weighted by atomic mass is 79.9. The Bertz CT molecular complexity index is 1220. The van der Waals surface area contributed by atoms with E-state index in [1.807, 2.05) is 70.6 Å². The summed E-state index contributed by atoms with van der Waals surface area (Å²) in [7, 11) is 0. The molecular weight excluding hydrogens is 640 g/mol. The van der Waals surface area contributed by atoms with E-state index in [4.69, 9.17) is 0 Å². The van der Waals surface area contributed by atoms with Crippen LogP contribution in [0.4, 0.5) is 0 Å². The van der Waals surface area contributed by atoms with E-state index in [-0.39, 0.29) is 0 Å². The first kappa shape index (κ1) is 24.2. The zero-order chi connectivity index (χ0) is 22.2. The Hall–Kier alpha value is 0.460. The normalized spacial score (nSPS) is 17.0. The lowest BCUT2D eigenvalue weighted by molar-refractivity contribution is 1.63. The molecule has 0 atom stereocenters. The number of fused-ring (bicyclic) bond motifs is 2. The molecule has 0 nitrogen and oxygen atoms in total. The highest BCUT2D eigenvalue weighted by Gasteiger charge is 2.24. The molecule has 0 aromatic heterocycles. The van der Waals surface area contributed by atoms with Crippen molar-refractivity contribution in [2.24, 2.45) is 0 Å². The Balaban J connectivity index is 1.90. The molecule has 2 aliphatic rings. The largest absolute Gasteiger partial charge is 0.121 e. The molecule has 0 saturated heterocycles. The summed E-state index contributed by atoms with van der Waals surface area (Å²) >= 11 is 18.8. The first-order chi connectivity index (χ1) is 15.7. The minimum atomic E-state index is 0.898. The molecule has 0 unspecified atom stereocenters. The summed E-state index contributed by atoms with van der Waals surface area (Å²) in [5.74, 6) is 0. The molecule has 164 valence electrons. The molecule has 3 aromatic carbocycles. The third kappa shape index (κ3) is 4.29. The highest BCUT2D eigenvalue weighted by Crippen LogP contribution is 2.57. The van der Waals surface area contributed by atoms with Gasteiger partial charge in [-0.1, -0.05) is 127 Å². The predicted molar refractivity (Wildman–Crippen MR) is 167 cm³/mol. The lowest BCUT2D eigenvalue weighted by Crippen LogP contribution is -2.16. The topological polar surface area (TPSA) is 0 Å². The number of hydrogen-bond acceptors (Lipinski definition) is 6. The highest BCUT2D eigenvalue weighted by molar-refractivity contribution is 9.09. The second-order valence-corrected chi connectivity index (χ2v) is 15.0. The second-order valence-electron chi connectivity index (χ2n) is 6.92. The Kier molecular flexibility index (Phi) is 8.01. The quantitative estimate of drug-likeness (QED) is 0.201. The molecule has 0 spiro atoms. The Morgan fingerprint density at radius 3 is 1.25 bits per heavy atom. The van der Waals surface area contributed by atoms with E-state index >= 15 is 0 Å². The number of allylic oxidation sites excluding steroid dienone is 2. The van der Waals surface area contributed by atoms with Crippen molar-refractivity contribution in [3.63, 3.8) is 0 Å². The predicted octanol–water partition coefficient (Wildman–Crippen LogP) is 8.94. The van der Waals surface area contributed by atoms with Crippen LogP contribution in [0.25, 0.3) is 30.0 Å². The van der Waals surface area contributed by atoms with Crippen LogP contribution in [0.5, 0.6) is 0 Å². The first-order valence-corrected chi connectivity index (χ1v) is 17.7. The fourth-order valence-corrected chi connectivity index (χ4v) is 13.3. The molecule has 0 bridgehead atoms. The van der Waals surface area contributed by atoms with Crippen LogP contribution >= 0.6 is 102 Å². The summed E-state index contributed by atoms with van der Waals surface area (Å²) in [5.41, 5.74) is 0. The molecular formula is C24H18Br2S6. The van der Waals surface area contributed by atoms with Gasteiger partial charge in [-0.25, -0.2) is 0 Å². The van der Waals surface area contributed by atoms with Gasteiger partial charge in [-0.3, -0.25) is 0 Å². The average Bonchev–Trinajstić information content (AvgIpc) is 3.45. The van der Waals surface area contributed by atoms with E-state index in [1.54, 1.807) is 0 Å². The maximum atomic E-state index is 3.69. The minimum Gasteiger partial charge on any atom is -0.121 e. The fourth-order valence-electron chi connectivity index (χ4n) is 3.86. The van der Waals surface area contributed by atoms with Gasteiger partial charge >= 0.3 is 0 Å². The minimum absolute atomic E-state index is 0.898. The van der Waals surface area contributed by atoms with Crippen LogP contribution in [-0.4, -0.2) is 23.2 Å². The van der Waals surface area contributed by atoms with Gasteiger partial charge in [0, 0.05) is 30.9 Å². The Labute approximate surface area is 230 Å². The van der Waals surface area contributed by atoms with Gasteiger partial charge in [-0.2, -0.15) is 0 Å². The molecule has 8 heteroatoms. The van der Waals surface area contributed by atoms with Gasteiger partial charge in [0.05, 0.1) is 16.9 Å². The SMILES string of the molecule is CSC1=C(SC)SC(=c2c3ccccc3c(=C3SC(CBr)=C(CBr)S3)c3ccccc23)S1. The van der Waals surface area contributed by atoms with E-state index < -0.39 is 0 Å². The third-order valence-corrected chi connectivity index (χ3v) is 15.0. The number of alkyl halides is 2. The van der Waals surface area contributed by atoms with Crippen molar-refractivity contribution >= 4 is 132 Å². The zero-order valence-corrected chi connectivity index (χ0v) is 25.3. The van der Waals surface area contributed by atoms with Gasteiger partial charge in [0.25, 0.3) is 0 Å². The summed E-state index contributed by atoms with van der Waals surface area (Å²) in [4.78, 5) is 2.82. The number of thioether (sulfide) groups is 6. The standard InChI is InChI=1S/C24H18Br2S6/c1-27-23-24(28-2)32-22(31-23)20-15-9-5-3-7-13(15)19(14-8-4-6-10-16(14)20)21-29-17(11-25)18(12-26)30-21/h3-10H,11-12H2,1-2H3. The molecule has 0 radical (unpaired) electrons. The molecule has 0 aliphatic carbocycles. The average molecular weight is 659 g/mol. The summed E-state index contributed by atoms with van der Waals surface area (Å²) in [5, 5.41) is 9.94. The van der Waals surface area contributed by atoms with Crippen molar-refractivity contribution in [2.75, 3.05) is 23.2 Å². The van der Waals surface area contributed by atoms with Gasteiger partial charge in [0.2, 0.25) is 0 Å². The lowest BCUT2D eigenvalue weighted by atomic mass is 9.99. The molecule has 2 heterocycles. The van der Waals surface area contributed by atoms with E-state index in [0.717, 1.165) is 10.7 Å². The third-order valence-electron chi connectivity index (χ3n) is 5.23. The summed E-state index contributed by atoms with van der Waals surface area (Å²) in [6, 6.07) is 17.9. The summed E-state index contributed by atoms with van der Waals surface area (Å²) in [6.07, 6.45) is 4.37. The van der Waals surface area contributed by atoms with Crippen molar-refractivity contribution in [2.45, 2.75) is 0 Å². The maximum Gasteiger partial charge on any atom is 0.0657 e. The molecule has 0 fully saturated rings. The van der Waals surface area contributed by atoms with Gasteiger partial charge in [0.15, 0.2) is 0 Å². The number of rotatable bonds is 4. The van der Waals surface area contributed by atoms with Gasteiger partial charge < -0.3 is 0 Å².